The zero-order valence-electron chi connectivity index (χ0n) is 6.13. The fourth-order valence-electron chi connectivity index (χ4n) is 0.672. The van der Waals surface area contributed by atoms with Crippen LogP contribution in [0.2, 0.25) is 0 Å². The van der Waals surface area contributed by atoms with Crippen molar-refractivity contribution in [2.75, 3.05) is 0 Å². The molecule has 1 aromatic rings. The summed E-state index contributed by atoms with van der Waals surface area (Å²) in [4.78, 5) is 0. The van der Waals surface area contributed by atoms with Gasteiger partial charge in [-0.05, 0) is 43.4 Å². The zero-order valence-corrected chi connectivity index (χ0v) is 8.29. The summed E-state index contributed by atoms with van der Waals surface area (Å²) < 4.78 is 2.91. The van der Waals surface area contributed by atoms with Gasteiger partial charge in [0.25, 0.3) is 0 Å². The minimum atomic E-state index is 0.434. The summed E-state index contributed by atoms with van der Waals surface area (Å²) in [5, 5.41) is 4.25. The second-order valence-electron chi connectivity index (χ2n) is 2.52. The van der Waals surface area contributed by atoms with Gasteiger partial charge in [-0.15, -0.1) is 0 Å². The van der Waals surface area contributed by atoms with E-state index in [1.165, 1.54) is 0 Å². The van der Waals surface area contributed by atoms with Crippen LogP contribution in [0.15, 0.2) is 6.20 Å². The van der Waals surface area contributed by atoms with E-state index in [0.29, 0.717) is 6.04 Å². The van der Waals surface area contributed by atoms with Gasteiger partial charge in [-0.3, -0.25) is 4.68 Å². The predicted molar refractivity (Wildman–Crippen MR) is 49.8 cm³/mol. The van der Waals surface area contributed by atoms with E-state index >= 15 is 0 Å². The molecule has 0 spiro atoms. The molecule has 1 rings (SSSR count). The molecule has 3 heteroatoms. The average molecular weight is 249 g/mol. The molecule has 0 unspecified atom stereocenters. The minimum Gasteiger partial charge on any atom is -0.269 e. The Morgan fingerprint density at radius 3 is 2.50 bits per heavy atom. The lowest BCUT2D eigenvalue weighted by Gasteiger charge is -2.02. The highest BCUT2D eigenvalue weighted by molar-refractivity contribution is 14.1. The molecular weight excluding hydrogens is 239 g/mol. The monoisotopic (exact) mass is 249 g/mol. The molecule has 0 saturated heterocycles. The molecule has 0 fully saturated rings. The third kappa shape index (κ3) is 1.51. The average Bonchev–Trinajstić information content (AvgIpc) is 2.13. The summed E-state index contributed by atoms with van der Waals surface area (Å²) in [5.74, 6) is 0. The van der Waals surface area contributed by atoms with E-state index in [4.69, 9.17) is 0 Å². The summed E-state index contributed by atoms with van der Waals surface area (Å²) in [6, 6.07) is 0.434. The molecule has 0 aliphatic rings. The maximum Gasteiger partial charge on any atom is 0.126 e. The first-order valence-corrected chi connectivity index (χ1v) is 4.25. The van der Waals surface area contributed by atoms with Crippen LogP contribution in [0.25, 0.3) is 0 Å². The highest BCUT2D eigenvalue weighted by Gasteiger charge is 2.02. The quantitative estimate of drug-likeness (QED) is 0.698. The van der Waals surface area contributed by atoms with Gasteiger partial charge in [-0.2, -0.15) is 5.10 Å². The van der Waals surface area contributed by atoms with Crippen LogP contribution < -0.4 is 0 Å². The second kappa shape index (κ2) is 2.90. The van der Waals surface area contributed by atoms with Gasteiger partial charge in [-0.25, -0.2) is 0 Å². The Kier molecular flexibility index (Phi) is 2.33. The molecule has 0 aromatic carbocycles. The first-order valence-electron chi connectivity index (χ1n) is 3.18. The van der Waals surface area contributed by atoms with Crippen molar-refractivity contribution in [2.24, 2.45) is 0 Å². The summed E-state index contributed by atoms with van der Waals surface area (Å²) in [5.41, 5.74) is 1.01. The van der Waals surface area contributed by atoms with Crippen molar-refractivity contribution in [3.63, 3.8) is 0 Å². The number of hydrogen-bond acceptors (Lipinski definition) is 1. The highest BCUT2D eigenvalue weighted by Crippen LogP contribution is 2.11. The van der Waals surface area contributed by atoms with Crippen LogP contribution in [-0.2, 0) is 0 Å². The largest absolute Gasteiger partial charge is 0.269 e. The molecule has 1 aromatic heterocycles. The predicted octanol–water partition coefficient (Wildman–Crippen LogP) is 2.25. The molecule has 0 bridgehead atoms. The van der Waals surface area contributed by atoms with Gasteiger partial charge in [0, 0.05) is 17.8 Å². The standard InChI is InChI=1S/C7H10IN2/c1-5(2)10-4-6(3)7(8)9-10/h4-5H,3H2,1-2H3. The molecule has 0 atom stereocenters. The summed E-state index contributed by atoms with van der Waals surface area (Å²) in [6.07, 6.45) is 1.96. The van der Waals surface area contributed by atoms with Crippen LogP contribution in [0.4, 0.5) is 0 Å². The van der Waals surface area contributed by atoms with Gasteiger partial charge in [0.05, 0.1) is 0 Å². The maximum atomic E-state index is 4.25. The number of halogens is 1. The Balaban J connectivity index is 2.98. The van der Waals surface area contributed by atoms with Crippen LogP contribution in [0, 0.1) is 10.6 Å². The third-order valence-electron chi connectivity index (χ3n) is 1.29. The van der Waals surface area contributed by atoms with Crippen molar-refractivity contribution >= 4 is 22.6 Å². The molecule has 10 heavy (non-hydrogen) atoms. The lowest BCUT2D eigenvalue weighted by molar-refractivity contribution is 0.529. The fraction of sp³-hybridized carbons (Fsp3) is 0.429. The number of rotatable bonds is 1. The number of aromatic nitrogens is 2. The lowest BCUT2D eigenvalue weighted by Crippen LogP contribution is -2.00. The van der Waals surface area contributed by atoms with Crippen molar-refractivity contribution in [1.82, 2.24) is 9.78 Å². The summed E-state index contributed by atoms with van der Waals surface area (Å²) in [7, 11) is 0. The number of nitrogens with zero attached hydrogens (tertiary/aromatic N) is 2. The van der Waals surface area contributed by atoms with Crippen LogP contribution in [0.1, 0.15) is 25.5 Å². The smallest absolute Gasteiger partial charge is 0.126 e. The summed E-state index contributed by atoms with van der Waals surface area (Å²) >= 11 is 2.18. The van der Waals surface area contributed by atoms with E-state index in [-0.39, 0.29) is 0 Å². The molecule has 2 nitrogen and oxygen atoms in total. The van der Waals surface area contributed by atoms with E-state index in [2.05, 4.69) is 48.5 Å². The Hall–Kier alpha value is -0.0600. The second-order valence-corrected chi connectivity index (χ2v) is 3.54. The molecular formula is C7H10IN2. The van der Waals surface area contributed by atoms with Gasteiger partial charge >= 0.3 is 0 Å². The molecule has 0 amide bonds. The minimum absolute atomic E-state index is 0.434. The van der Waals surface area contributed by atoms with Crippen LogP contribution in [-0.4, -0.2) is 9.78 Å². The summed E-state index contributed by atoms with van der Waals surface area (Å²) in [6.45, 7) is 8.03. The first-order chi connectivity index (χ1) is 4.61. The molecule has 1 heterocycles. The SMILES string of the molecule is [CH2]c1cn(C(C)C)nc1I. The molecule has 55 valence electrons. The fourth-order valence-corrected chi connectivity index (χ4v) is 1.06. The van der Waals surface area contributed by atoms with E-state index in [0.717, 1.165) is 9.26 Å². The van der Waals surface area contributed by atoms with Gasteiger partial charge in [0.1, 0.15) is 3.70 Å². The van der Waals surface area contributed by atoms with Crippen molar-refractivity contribution in [2.45, 2.75) is 19.9 Å². The van der Waals surface area contributed by atoms with Crippen molar-refractivity contribution in [3.8, 4) is 0 Å². The molecule has 0 saturated carbocycles. The van der Waals surface area contributed by atoms with E-state index in [9.17, 15) is 0 Å². The van der Waals surface area contributed by atoms with Crippen molar-refractivity contribution in [1.29, 1.82) is 0 Å². The van der Waals surface area contributed by atoms with E-state index in [1.807, 2.05) is 10.9 Å². The van der Waals surface area contributed by atoms with Gasteiger partial charge in [0.15, 0.2) is 0 Å². The highest BCUT2D eigenvalue weighted by atomic mass is 127. The maximum absolute atomic E-state index is 4.25. The van der Waals surface area contributed by atoms with Crippen molar-refractivity contribution < 1.29 is 0 Å². The molecule has 0 aliphatic heterocycles. The van der Waals surface area contributed by atoms with Gasteiger partial charge in [0.2, 0.25) is 0 Å². The molecule has 0 N–H and O–H groups in total. The lowest BCUT2D eigenvalue weighted by atomic mass is 10.4. The molecule has 1 radical (unpaired) electrons. The Morgan fingerprint density at radius 1 is 1.70 bits per heavy atom. The van der Waals surface area contributed by atoms with Crippen molar-refractivity contribution in [3.05, 3.63) is 22.4 Å². The third-order valence-corrected chi connectivity index (χ3v) is 2.19. The van der Waals surface area contributed by atoms with E-state index < -0.39 is 0 Å². The number of hydrogen-bond donors (Lipinski definition) is 0. The van der Waals surface area contributed by atoms with Crippen LogP contribution in [0.5, 0.6) is 0 Å². The van der Waals surface area contributed by atoms with Gasteiger partial charge < -0.3 is 0 Å². The first kappa shape index (κ1) is 8.04. The Labute approximate surface area is 74.8 Å². The zero-order chi connectivity index (χ0) is 7.72. The van der Waals surface area contributed by atoms with Gasteiger partial charge in [-0.1, -0.05) is 0 Å². The van der Waals surface area contributed by atoms with E-state index in [1.54, 1.807) is 0 Å². The van der Waals surface area contributed by atoms with Crippen LogP contribution >= 0.6 is 22.6 Å². The van der Waals surface area contributed by atoms with Crippen LogP contribution in [0.3, 0.4) is 0 Å². The normalized spacial score (nSPS) is 10.9. The topological polar surface area (TPSA) is 17.8 Å². The Morgan fingerprint density at radius 2 is 2.30 bits per heavy atom. The Bertz CT molecular complexity index is 208. The molecule has 0 aliphatic carbocycles.